The molecule has 0 saturated carbocycles. The number of aryl methyl sites for hydroxylation is 2. The van der Waals surface area contributed by atoms with Crippen LogP contribution >= 0.6 is 11.6 Å². The fourth-order valence-electron chi connectivity index (χ4n) is 4.24. The maximum absolute atomic E-state index is 13.1. The fourth-order valence-corrected chi connectivity index (χ4v) is 4.47. The molecule has 1 N–H and O–H groups in total. The van der Waals surface area contributed by atoms with Gasteiger partial charge in [0.25, 0.3) is 0 Å². The van der Waals surface area contributed by atoms with E-state index >= 15 is 0 Å². The highest BCUT2D eigenvalue weighted by molar-refractivity contribution is 6.30. The van der Waals surface area contributed by atoms with Crippen molar-refractivity contribution < 1.29 is 24.0 Å². The predicted molar refractivity (Wildman–Crippen MR) is 137 cm³/mol. The van der Waals surface area contributed by atoms with Gasteiger partial charge in [0.05, 0.1) is 5.56 Å². The average Bonchev–Trinajstić information content (AvgIpc) is 3.23. The van der Waals surface area contributed by atoms with Crippen LogP contribution in [0.25, 0.3) is 0 Å². The zero-order valence-corrected chi connectivity index (χ0v) is 20.8. The lowest BCUT2D eigenvalue weighted by Gasteiger charge is -2.20. The van der Waals surface area contributed by atoms with E-state index < -0.39 is 5.97 Å². The molecule has 0 saturated heterocycles. The predicted octanol–water partition coefficient (Wildman–Crippen LogP) is 6.56. The Kier molecular flexibility index (Phi) is 7.86. The van der Waals surface area contributed by atoms with E-state index in [1.165, 1.54) is 0 Å². The smallest absolute Gasteiger partial charge is 0.358 e. The SMILES string of the molecule is Cc1cc(Cl)ccc1C(CC(=O)Cc1ccc(OCc2c(C(=O)O)noc2C)cc1)c1ccccc1. The molecule has 0 aliphatic rings. The van der Waals surface area contributed by atoms with Crippen LogP contribution in [0.3, 0.4) is 0 Å². The van der Waals surface area contributed by atoms with Gasteiger partial charge in [-0.2, -0.15) is 0 Å². The van der Waals surface area contributed by atoms with E-state index in [4.69, 9.17) is 20.9 Å². The summed E-state index contributed by atoms with van der Waals surface area (Å²) in [4.78, 5) is 24.4. The van der Waals surface area contributed by atoms with Crippen LogP contribution < -0.4 is 4.74 Å². The summed E-state index contributed by atoms with van der Waals surface area (Å²) in [6.07, 6.45) is 0.666. The van der Waals surface area contributed by atoms with E-state index in [1.54, 1.807) is 19.1 Å². The monoisotopic (exact) mass is 503 g/mol. The Morgan fingerprint density at radius 3 is 2.42 bits per heavy atom. The van der Waals surface area contributed by atoms with Crippen molar-refractivity contribution in [1.29, 1.82) is 0 Å². The van der Waals surface area contributed by atoms with E-state index in [0.29, 0.717) is 34.9 Å². The van der Waals surface area contributed by atoms with Crippen molar-refractivity contribution >= 4 is 23.4 Å². The molecule has 3 aromatic carbocycles. The lowest BCUT2D eigenvalue weighted by atomic mass is 9.84. The van der Waals surface area contributed by atoms with Crippen LogP contribution in [-0.4, -0.2) is 22.0 Å². The molecule has 1 atom stereocenters. The Morgan fingerprint density at radius 1 is 1.03 bits per heavy atom. The van der Waals surface area contributed by atoms with E-state index in [0.717, 1.165) is 22.3 Å². The minimum atomic E-state index is -1.16. The molecule has 0 fully saturated rings. The highest BCUT2D eigenvalue weighted by Gasteiger charge is 2.21. The number of hydrogen-bond acceptors (Lipinski definition) is 5. The molecule has 0 spiro atoms. The van der Waals surface area contributed by atoms with Crippen molar-refractivity contribution in [3.8, 4) is 5.75 Å². The summed E-state index contributed by atoms with van der Waals surface area (Å²) in [5, 5.41) is 13.4. The second kappa shape index (κ2) is 11.2. The van der Waals surface area contributed by atoms with Gasteiger partial charge >= 0.3 is 5.97 Å². The maximum atomic E-state index is 13.1. The van der Waals surface area contributed by atoms with E-state index in [2.05, 4.69) is 5.16 Å². The summed E-state index contributed by atoms with van der Waals surface area (Å²) in [7, 11) is 0. The van der Waals surface area contributed by atoms with Gasteiger partial charge in [0.15, 0.2) is 5.69 Å². The van der Waals surface area contributed by atoms with Crippen LogP contribution in [0.1, 0.15) is 56.4 Å². The molecular weight excluding hydrogens is 478 g/mol. The molecule has 7 heteroatoms. The molecule has 4 rings (SSSR count). The lowest BCUT2D eigenvalue weighted by molar-refractivity contribution is -0.118. The van der Waals surface area contributed by atoms with Crippen molar-refractivity contribution in [1.82, 2.24) is 5.16 Å². The number of hydrogen-bond donors (Lipinski definition) is 1. The second-order valence-electron chi connectivity index (χ2n) is 8.69. The number of ketones is 1. The fraction of sp³-hybridized carbons (Fsp3) is 0.207. The molecule has 1 aromatic heterocycles. The van der Waals surface area contributed by atoms with E-state index in [9.17, 15) is 14.7 Å². The van der Waals surface area contributed by atoms with Gasteiger partial charge in [-0.05, 0) is 60.4 Å². The third-order valence-corrected chi connectivity index (χ3v) is 6.37. The van der Waals surface area contributed by atoms with Crippen LogP contribution in [0, 0.1) is 13.8 Å². The Labute approximate surface area is 214 Å². The molecule has 6 nitrogen and oxygen atoms in total. The van der Waals surface area contributed by atoms with Gasteiger partial charge in [-0.1, -0.05) is 65.3 Å². The summed E-state index contributed by atoms with van der Waals surface area (Å²) in [6.45, 7) is 3.68. The van der Waals surface area contributed by atoms with Gasteiger partial charge < -0.3 is 14.4 Å². The molecule has 184 valence electrons. The Bertz CT molecular complexity index is 1360. The maximum Gasteiger partial charge on any atom is 0.358 e. The molecule has 0 radical (unpaired) electrons. The normalized spacial score (nSPS) is 11.8. The number of carbonyl (C=O) groups excluding carboxylic acids is 1. The van der Waals surface area contributed by atoms with Crippen molar-refractivity contribution in [3.05, 3.63) is 117 Å². The van der Waals surface area contributed by atoms with Crippen LogP contribution in [-0.2, 0) is 17.8 Å². The number of ether oxygens (including phenoxy) is 1. The standard InChI is InChI=1S/C29H26ClNO5/c1-18-14-22(30)10-13-25(18)26(21-6-4-3-5-7-21)16-23(32)15-20-8-11-24(12-9-20)35-17-27-19(2)36-31-28(27)29(33)34/h3-14,26H,15-17H2,1-2H3,(H,33,34). The molecule has 36 heavy (non-hydrogen) atoms. The number of carbonyl (C=O) groups is 2. The third kappa shape index (κ3) is 6.01. The zero-order valence-electron chi connectivity index (χ0n) is 20.0. The van der Waals surface area contributed by atoms with E-state index in [1.807, 2.05) is 67.6 Å². The molecular formula is C29H26ClNO5. The van der Waals surface area contributed by atoms with Crippen molar-refractivity contribution in [2.24, 2.45) is 0 Å². The zero-order chi connectivity index (χ0) is 25.7. The van der Waals surface area contributed by atoms with Gasteiger partial charge in [0.2, 0.25) is 0 Å². The van der Waals surface area contributed by atoms with E-state index in [-0.39, 0.29) is 24.0 Å². The Balaban J connectivity index is 1.43. The lowest BCUT2D eigenvalue weighted by Crippen LogP contribution is -2.12. The van der Waals surface area contributed by atoms with Crippen molar-refractivity contribution in [3.63, 3.8) is 0 Å². The Hall–Kier alpha value is -3.90. The summed E-state index contributed by atoms with van der Waals surface area (Å²) < 4.78 is 10.7. The van der Waals surface area contributed by atoms with Crippen molar-refractivity contribution in [2.75, 3.05) is 0 Å². The second-order valence-corrected chi connectivity index (χ2v) is 9.12. The van der Waals surface area contributed by atoms with Gasteiger partial charge in [-0.3, -0.25) is 4.79 Å². The number of carboxylic acid groups (broad SMARTS) is 1. The molecule has 0 amide bonds. The minimum Gasteiger partial charge on any atom is -0.489 e. The van der Waals surface area contributed by atoms with Gasteiger partial charge in [-0.15, -0.1) is 0 Å². The van der Waals surface area contributed by atoms with Crippen LogP contribution in [0.2, 0.25) is 5.02 Å². The minimum absolute atomic E-state index is 0.0223. The third-order valence-electron chi connectivity index (χ3n) is 6.14. The summed E-state index contributed by atoms with van der Waals surface area (Å²) in [5.41, 5.74) is 4.35. The highest BCUT2D eigenvalue weighted by atomic mass is 35.5. The Morgan fingerprint density at radius 2 is 1.75 bits per heavy atom. The summed E-state index contributed by atoms with van der Waals surface area (Å²) in [6, 6.07) is 23.0. The van der Waals surface area contributed by atoms with Crippen LogP contribution in [0.5, 0.6) is 5.75 Å². The van der Waals surface area contributed by atoms with Gasteiger partial charge in [-0.25, -0.2) is 4.79 Å². The summed E-state index contributed by atoms with van der Waals surface area (Å²) >= 11 is 6.16. The van der Waals surface area contributed by atoms with Crippen LogP contribution in [0.15, 0.2) is 77.3 Å². The number of carboxylic acids is 1. The average molecular weight is 504 g/mol. The number of rotatable bonds is 10. The number of halogens is 1. The van der Waals surface area contributed by atoms with Crippen molar-refractivity contribution in [2.45, 2.75) is 39.2 Å². The topological polar surface area (TPSA) is 89.6 Å². The first-order chi connectivity index (χ1) is 17.3. The number of nitrogens with zero attached hydrogens (tertiary/aromatic N) is 1. The van der Waals surface area contributed by atoms with Crippen LogP contribution in [0.4, 0.5) is 0 Å². The first-order valence-electron chi connectivity index (χ1n) is 11.5. The number of aromatic carboxylic acids is 1. The van der Waals surface area contributed by atoms with Gasteiger partial charge in [0.1, 0.15) is 23.9 Å². The highest BCUT2D eigenvalue weighted by Crippen LogP contribution is 2.32. The molecule has 1 unspecified atom stereocenters. The number of Topliss-reactive ketones (excluding diaryl/α,β-unsaturated/α-hetero) is 1. The first kappa shape index (κ1) is 25.2. The molecule has 1 heterocycles. The quantitative estimate of drug-likeness (QED) is 0.264. The summed E-state index contributed by atoms with van der Waals surface area (Å²) in [5.74, 6) is -0.144. The first-order valence-corrected chi connectivity index (χ1v) is 11.9. The molecule has 0 aliphatic heterocycles. The largest absolute Gasteiger partial charge is 0.489 e. The molecule has 0 aliphatic carbocycles. The molecule has 0 bridgehead atoms. The molecule has 4 aromatic rings. The van der Waals surface area contributed by atoms with Gasteiger partial charge in [0, 0.05) is 23.8 Å². The number of benzene rings is 3. The number of aromatic nitrogens is 1.